The van der Waals surface area contributed by atoms with Crippen molar-refractivity contribution in [3.63, 3.8) is 0 Å². The molecule has 0 spiro atoms. The summed E-state index contributed by atoms with van der Waals surface area (Å²) in [5, 5.41) is 20.8. The van der Waals surface area contributed by atoms with Crippen molar-refractivity contribution in [3.8, 4) is 5.75 Å². The molecule has 2 heterocycles. The van der Waals surface area contributed by atoms with Crippen molar-refractivity contribution in [3.05, 3.63) is 42.0 Å². The minimum Gasteiger partial charge on any atom is -0.490 e. The van der Waals surface area contributed by atoms with E-state index in [1.165, 1.54) is 18.3 Å². The number of β-amino-alcohol motifs (C(OH)–C–C–N with tert-alkyl or cyclic N) is 1. The van der Waals surface area contributed by atoms with E-state index in [2.05, 4.69) is 15.4 Å². The van der Waals surface area contributed by atoms with Gasteiger partial charge in [0.1, 0.15) is 11.3 Å². The van der Waals surface area contributed by atoms with Crippen molar-refractivity contribution in [2.75, 3.05) is 19.7 Å². The Labute approximate surface area is 138 Å². The van der Waals surface area contributed by atoms with Crippen LogP contribution in [0.1, 0.15) is 25.0 Å². The second-order valence-electron chi connectivity index (χ2n) is 5.83. The summed E-state index contributed by atoms with van der Waals surface area (Å²) in [7, 11) is 0. The molecule has 1 aliphatic heterocycles. The number of amides is 1. The van der Waals surface area contributed by atoms with E-state index in [1.54, 1.807) is 17.0 Å². The van der Waals surface area contributed by atoms with E-state index in [9.17, 15) is 14.3 Å². The number of likely N-dealkylation sites (tertiary alicyclic amines) is 1. The summed E-state index contributed by atoms with van der Waals surface area (Å²) in [6.45, 7) is 0.815. The average molecular weight is 334 g/mol. The maximum atomic E-state index is 13.5. The summed E-state index contributed by atoms with van der Waals surface area (Å²) in [6, 6.07) is 6.07. The van der Waals surface area contributed by atoms with E-state index in [0.29, 0.717) is 25.1 Å². The Morgan fingerprint density at radius 1 is 1.46 bits per heavy atom. The second-order valence-corrected chi connectivity index (χ2v) is 5.83. The lowest BCUT2D eigenvalue weighted by Crippen LogP contribution is -2.49. The third kappa shape index (κ3) is 3.53. The number of aliphatic hydroxyl groups is 1. The molecule has 1 aromatic carbocycles. The number of carbonyl (C=O) groups excluding carboxylic acids is 1. The second kappa shape index (κ2) is 6.96. The summed E-state index contributed by atoms with van der Waals surface area (Å²) >= 11 is 0. The highest BCUT2D eigenvalue weighted by Gasteiger charge is 2.38. The van der Waals surface area contributed by atoms with E-state index in [-0.39, 0.29) is 31.2 Å². The molecule has 1 aliphatic rings. The van der Waals surface area contributed by atoms with Gasteiger partial charge in [-0.1, -0.05) is 12.1 Å². The molecule has 2 aromatic rings. The van der Waals surface area contributed by atoms with E-state index in [4.69, 9.17) is 4.74 Å². The van der Waals surface area contributed by atoms with Gasteiger partial charge in [0.15, 0.2) is 11.6 Å². The zero-order valence-corrected chi connectivity index (χ0v) is 13.1. The minimum atomic E-state index is -1.19. The number of rotatable bonds is 5. The minimum absolute atomic E-state index is 0.0820. The van der Waals surface area contributed by atoms with Crippen LogP contribution in [-0.2, 0) is 10.4 Å². The van der Waals surface area contributed by atoms with Gasteiger partial charge in [-0.15, -0.1) is 0 Å². The predicted molar refractivity (Wildman–Crippen MR) is 82.6 cm³/mol. The fourth-order valence-corrected chi connectivity index (χ4v) is 2.85. The number of nitrogens with zero attached hydrogens (tertiary/aromatic N) is 3. The largest absolute Gasteiger partial charge is 0.490 e. The molecule has 1 atom stereocenters. The number of nitrogens with one attached hydrogen (secondary N) is 1. The maximum absolute atomic E-state index is 13.5. The molecule has 1 aromatic heterocycles. The molecule has 8 heteroatoms. The lowest BCUT2D eigenvalue weighted by atomic mass is 9.90. The van der Waals surface area contributed by atoms with Crippen molar-refractivity contribution in [2.45, 2.75) is 24.9 Å². The molecule has 0 radical (unpaired) electrons. The summed E-state index contributed by atoms with van der Waals surface area (Å²) in [5.74, 6) is -0.473. The number of hydrogen-bond donors (Lipinski definition) is 2. The molecule has 0 unspecified atom stereocenters. The number of aromatic amines is 1. The van der Waals surface area contributed by atoms with Crippen molar-refractivity contribution < 1.29 is 19.0 Å². The number of benzene rings is 1. The van der Waals surface area contributed by atoms with Crippen LogP contribution >= 0.6 is 0 Å². The van der Waals surface area contributed by atoms with Crippen LogP contribution in [0.4, 0.5) is 4.39 Å². The highest BCUT2D eigenvalue weighted by Crippen LogP contribution is 2.30. The van der Waals surface area contributed by atoms with E-state index in [0.717, 1.165) is 0 Å². The van der Waals surface area contributed by atoms with Crippen LogP contribution in [0.25, 0.3) is 0 Å². The summed E-state index contributed by atoms with van der Waals surface area (Å²) in [4.78, 5) is 13.9. The standard InChI is InChI=1S/C16H19FN4O3/c17-12-4-1-2-5-13(12)24-9-6-15(22)21-8-3-7-16(23,11-21)14-10-18-20-19-14/h1-2,4-5,10,23H,3,6-9,11H2,(H,18,19,20)/t16-/m0/s1. The quantitative estimate of drug-likeness (QED) is 0.858. The van der Waals surface area contributed by atoms with Crippen LogP contribution < -0.4 is 4.74 Å². The Hall–Kier alpha value is -2.48. The Bertz CT molecular complexity index is 694. The molecule has 3 rings (SSSR count). The number of ether oxygens (including phenoxy) is 1. The molecular formula is C16H19FN4O3. The molecule has 24 heavy (non-hydrogen) atoms. The van der Waals surface area contributed by atoms with Gasteiger partial charge in [-0.25, -0.2) is 4.39 Å². The van der Waals surface area contributed by atoms with Gasteiger partial charge in [-0.05, 0) is 25.0 Å². The summed E-state index contributed by atoms with van der Waals surface area (Å²) in [6.07, 6.45) is 2.77. The highest BCUT2D eigenvalue weighted by molar-refractivity contribution is 5.76. The number of hydrogen-bond acceptors (Lipinski definition) is 5. The van der Waals surface area contributed by atoms with Crippen LogP contribution in [0.15, 0.2) is 30.5 Å². The topological polar surface area (TPSA) is 91.3 Å². The molecule has 128 valence electrons. The van der Waals surface area contributed by atoms with Gasteiger partial charge < -0.3 is 14.7 Å². The normalized spacial score (nSPS) is 20.8. The van der Waals surface area contributed by atoms with Gasteiger partial charge in [-0.2, -0.15) is 15.4 Å². The molecule has 1 fully saturated rings. The SMILES string of the molecule is O=C(CCOc1ccccc1F)N1CCC[C@@](O)(c2cn[nH]n2)C1. The monoisotopic (exact) mass is 334 g/mol. The van der Waals surface area contributed by atoms with Gasteiger partial charge in [0.2, 0.25) is 5.91 Å². The summed E-state index contributed by atoms with van der Waals surface area (Å²) < 4.78 is 18.8. The molecule has 0 aliphatic carbocycles. The third-order valence-corrected chi connectivity index (χ3v) is 4.13. The lowest BCUT2D eigenvalue weighted by Gasteiger charge is -2.38. The van der Waals surface area contributed by atoms with Gasteiger partial charge in [0.25, 0.3) is 0 Å². The number of para-hydroxylation sites is 1. The number of aromatic nitrogens is 3. The van der Waals surface area contributed by atoms with Crippen LogP contribution in [0, 0.1) is 5.82 Å². The number of piperidine rings is 1. The van der Waals surface area contributed by atoms with Gasteiger partial charge in [0.05, 0.1) is 25.8 Å². The smallest absolute Gasteiger partial charge is 0.226 e. The van der Waals surface area contributed by atoms with Crippen molar-refractivity contribution in [1.82, 2.24) is 20.3 Å². The maximum Gasteiger partial charge on any atom is 0.226 e. The molecule has 0 bridgehead atoms. The van der Waals surface area contributed by atoms with E-state index in [1.807, 2.05) is 0 Å². The summed E-state index contributed by atoms with van der Waals surface area (Å²) in [5.41, 5.74) is -0.754. The first-order chi connectivity index (χ1) is 11.6. The number of carbonyl (C=O) groups is 1. The molecule has 1 amide bonds. The molecule has 0 saturated carbocycles. The first kappa shape index (κ1) is 16.4. The molecule has 2 N–H and O–H groups in total. The molecule has 7 nitrogen and oxygen atoms in total. The Kier molecular flexibility index (Phi) is 4.75. The lowest BCUT2D eigenvalue weighted by molar-refractivity contribution is -0.139. The molecular weight excluding hydrogens is 315 g/mol. The zero-order valence-electron chi connectivity index (χ0n) is 13.1. The van der Waals surface area contributed by atoms with Crippen molar-refractivity contribution >= 4 is 5.91 Å². The van der Waals surface area contributed by atoms with Crippen LogP contribution in [-0.4, -0.2) is 51.0 Å². The van der Waals surface area contributed by atoms with Crippen LogP contribution in [0.5, 0.6) is 5.75 Å². The number of H-pyrrole nitrogens is 1. The average Bonchev–Trinajstić information content (AvgIpc) is 3.12. The fourth-order valence-electron chi connectivity index (χ4n) is 2.85. The molecule has 1 saturated heterocycles. The Balaban J connectivity index is 1.54. The Morgan fingerprint density at radius 3 is 3.04 bits per heavy atom. The van der Waals surface area contributed by atoms with Gasteiger partial charge >= 0.3 is 0 Å². The van der Waals surface area contributed by atoms with E-state index < -0.39 is 11.4 Å². The van der Waals surface area contributed by atoms with Gasteiger partial charge in [-0.3, -0.25) is 4.79 Å². The van der Waals surface area contributed by atoms with Crippen molar-refractivity contribution in [1.29, 1.82) is 0 Å². The van der Waals surface area contributed by atoms with Crippen molar-refractivity contribution in [2.24, 2.45) is 0 Å². The van der Waals surface area contributed by atoms with E-state index >= 15 is 0 Å². The third-order valence-electron chi connectivity index (χ3n) is 4.13. The number of halogens is 1. The van der Waals surface area contributed by atoms with Crippen LogP contribution in [0.2, 0.25) is 0 Å². The van der Waals surface area contributed by atoms with Gasteiger partial charge in [0, 0.05) is 6.54 Å². The zero-order chi connectivity index (χ0) is 17.0. The first-order valence-electron chi connectivity index (χ1n) is 7.82. The Morgan fingerprint density at radius 2 is 2.29 bits per heavy atom. The predicted octanol–water partition coefficient (Wildman–Crippen LogP) is 1.22. The van der Waals surface area contributed by atoms with Crippen LogP contribution in [0.3, 0.4) is 0 Å². The fraction of sp³-hybridized carbons (Fsp3) is 0.438. The highest BCUT2D eigenvalue weighted by atomic mass is 19.1. The first-order valence-corrected chi connectivity index (χ1v) is 7.82.